The highest BCUT2D eigenvalue weighted by Crippen LogP contribution is 2.30. The van der Waals surface area contributed by atoms with Gasteiger partial charge in [0.05, 0.1) is 6.61 Å². The topological polar surface area (TPSA) is 48.1 Å². The molecule has 0 atom stereocenters. The van der Waals surface area contributed by atoms with Gasteiger partial charge < -0.3 is 10.5 Å². The van der Waals surface area contributed by atoms with E-state index in [1.807, 2.05) is 0 Å². The van der Waals surface area contributed by atoms with Crippen molar-refractivity contribution in [3.8, 4) is 5.88 Å². The summed E-state index contributed by atoms with van der Waals surface area (Å²) in [4.78, 5) is 4.72. The third-order valence-corrected chi connectivity index (χ3v) is 4.55. The van der Waals surface area contributed by atoms with Gasteiger partial charge in [-0.15, -0.1) is 0 Å². The van der Waals surface area contributed by atoms with Crippen LogP contribution in [0.2, 0.25) is 0 Å². The van der Waals surface area contributed by atoms with Crippen molar-refractivity contribution in [1.29, 1.82) is 0 Å². The summed E-state index contributed by atoms with van der Waals surface area (Å²) in [6.45, 7) is 1.32. The van der Waals surface area contributed by atoms with Gasteiger partial charge in [-0.05, 0) is 49.7 Å². The van der Waals surface area contributed by atoms with Gasteiger partial charge >= 0.3 is 0 Å². The number of hydrogen-bond donors (Lipinski definition) is 1. The average Bonchev–Trinajstić information content (AvgIpc) is 2.40. The maximum atomic E-state index is 5.91. The normalized spacial score (nSPS) is 18.8. The first-order chi connectivity index (χ1) is 9.36. The molecule has 2 aliphatic rings. The number of nitrogens with two attached hydrogens (primary N) is 1. The van der Waals surface area contributed by atoms with Gasteiger partial charge in [0.2, 0.25) is 5.88 Å². The maximum Gasteiger partial charge on any atom is 0.218 e. The van der Waals surface area contributed by atoms with Crippen molar-refractivity contribution in [2.75, 3.05) is 6.61 Å². The molecule has 3 heteroatoms. The van der Waals surface area contributed by atoms with Gasteiger partial charge in [-0.2, -0.15) is 0 Å². The Kier molecular flexibility index (Phi) is 4.02. The minimum absolute atomic E-state index is 0.527. The molecule has 0 bridgehead atoms. The minimum atomic E-state index is 0.527. The van der Waals surface area contributed by atoms with Crippen molar-refractivity contribution in [3.63, 3.8) is 0 Å². The summed E-state index contributed by atoms with van der Waals surface area (Å²) < 4.78 is 5.91. The van der Waals surface area contributed by atoms with Crippen molar-refractivity contribution in [2.24, 2.45) is 11.7 Å². The van der Waals surface area contributed by atoms with Gasteiger partial charge in [0, 0.05) is 17.8 Å². The Morgan fingerprint density at radius 3 is 2.79 bits per heavy atom. The van der Waals surface area contributed by atoms with Crippen LogP contribution in [-0.4, -0.2) is 11.6 Å². The third-order valence-electron chi connectivity index (χ3n) is 4.55. The van der Waals surface area contributed by atoms with Crippen LogP contribution in [0.15, 0.2) is 6.07 Å². The zero-order valence-corrected chi connectivity index (χ0v) is 11.7. The van der Waals surface area contributed by atoms with Crippen LogP contribution < -0.4 is 10.5 Å². The first-order valence-electron chi connectivity index (χ1n) is 7.71. The molecule has 1 aromatic rings. The molecule has 1 heterocycles. The van der Waals surface area contributed by atoms with Crippen LogP contribution in [0.25, 0.3) is 0 Å². The van der Waals surface area contributed by atoms with E-state index in [1.54, 1.807) is 0 Å². The molecule has 2 aliphatic carbocycles. The highest BCUT2D eigenvalue weighted by molar-refractivity contribution is 5.35. The molecule has 2 N–H and O–H groups in total. The van der Waals surface area contributed by atoms with Crippen molar-refractivity contribution < 1.29 is 4.74 Å². The smallest absolute Gasteiger partial charge is 0.218 e. The lowest BCUT2D eigenvalue weighted by Gasteiger charge is -2.25. The third kappa shape index (κ3) is 2.92. The average molecular weight is 260 g/mol. The van der Waals surface area contributed by atoms with Gasteiger partial charge in [-0.3, -0.25) is 0 Å². The Hall–Kier alpha value is -1.09. The number of aryl methyl sites for hydroxylation is 2. The molecule has 1 aromatic heterocycles. The van der Waals surface area contributed by atoms with Crippen LogP contribution in [0, 0.1) is 5.92 Å². The Bertz CT molecular complexity index is 441. The minimum Gasteiger partial charge on any atom is -0.477 e. The van der Waals surface area contributed by atoms with Crippen LogP contribution >= 0.6 is 0 Å². The number of nitrogens with zero attached hydrogens (tertiary/aromatic N) is 1. The molecule has 0 saturated heterocycles. The fraction of sp³-hybridized carbons (Fsp3) is 0.688. The van der Waals surface area contributed by atoms with E-state index in [0.717, 1.165) is 36.8 Å². The first kappa shape index (κ1) is 12.9. The van der Waals surface area contributed by atoms with E-state index >= 15 is 0 Å². The summed E-state index contributed by atoms with van der Waals surface area (Å²) >= 11 is 0. The fourth-order valence-electron chi connectivity index (χ4n) is 3.04. The fourth-order valence-corrected chi connectivity index (χ4v) is 3.04. The largest absolute Gasteiger partial charge is 0.477 e. The molecule has 3 rings (SSSR count). The van der Waals surface area contributed by atoms with E-state index < -0.39 is 0 Å². The lowest BCUT2D eigenvalue weighted by Crippen LogP contribution is -2.16. The molecule has 0 aliphatic heterocycles. The van der Waals surface area contributed by atoms with Crippen LogP contribution in [0.5, 0.6) is 5.88 Å². The summed E-state index contributed by atoms with van der Waals surface area (Å²) in [7, 11) is 0. The second-order valence-corrected chi connectivity index (χ2v) is 5.90. The van der Waals surface area contributed by atoms with Crippen molar-refractivity contribution in [3.05, 3.63) is 22.9 Å². The Morgan fingerprint density at radius 2 is 2.05 bits per heavy atom. The molecule has 0 amide bonds. The zero-order valence-electron chi connectivity index (χ0n) is 11.7. The second-order valence-electron chi connectivity index (χ2n) is 5.90. The molecule has 0 radical (unpaired) electrons. The Morgan fingerprint density at radius 1 is 1.21 bits per heavy atom. The van der Waals surface area contributed by atoms with Crippen molar-refractivity contribution >= 4 is 0 Å². The lowest BCUT2D eigenvalue weighted by atomic mass is 9.83. The SMILES string of the molecule is NCc1cc2c(nc1OCCC1CCC1)CCCC2. The van der Waals surface area contributed by atoms with Gasteiger partial charge in [0.15, 0.2) is 0 Å². The quantitative estimate of drug-likeness (QED) is 0.885. The summed E-state index contributed by atoms with van der Waals surface area (Å²) in [5, 5.41) is 0. The molecular formula is C16H24N2O. The van der Waals surface area contributed by atoms with Crippen LogP contribution in [-0.2, 0) is 19.4 Å². The van der Waals surface area contributed by atoms with Crippen LogP contribution in [0.3, 0.4) is 0 Å². The van der Waals surface area contributed by atoms with Gasteiger partial charge in [0.25, 0.3) is 0 Å². The monoisotopic (exact) mass is 260 g/mol. The Balaban J connectivity index is 1.67. The molecule has 3 nitrogen and oxygen atoms in total. The molecule has 0 spiro atoms. The second kappa shape index (κ2) is 5.91. The standard InChI is InChI=1S/C16H24N2O/c17-11-14-10-13-6-1-2-7-15(13)18-16(14)19-9-8-12-4-3-5-12/h10,12H,1-9,11,17H2. The summed E-state index contributed by atoms with van der Waals surface area (Å²) in [6, 6.07) is 2.22. The lowest BCUT2D eigenvalue weighted by molar-refractivity contribution is 0.215. The molecule has 1 fully saturated rings. The van der Waals surface area contributed by atoms with E-state index in [1.165, 1.54) is 49.8 Å². The zero-order chi connectivity index (χ0) is 13.1. The first-order valence-corrected chi connectivity index (χ1v) is 7.71. The summed E-state index contributed by atoms with van der Waals surface area (Å²) in [5.74, 6) is 1.68. The number of aromatic nitrogens is 1. The number of rotatable bonds is 5. The van der Waals surface area contributed by atoms with E-state index in [0.29, 0.717) is 6.54 Å². The molecular weight excluding hydrogens is 236 g/mol. The van der Waals surface area contributed by atoms with Crippen LogP contribution in [0.4, 0.5) is 0 Å². The molecule has 104 valence electrons. The number of hydrogen-bond acceptors (Lipinski definition) is 3. The number of fused-ring (bicyclic) bond motifs is 1. The predicted molar refractivity (Wildman–Crippen MR) is 76.2 cm³/mol. The van der Waals surface area contributed by atoms with Gasteiger partial charge in [0.1, 0.15) is 0 Å². The number of ether oxygens (including phenoxy) is 1. The van der Waals surface area contributed by atoms with Gasteiger partial charge in [-0.25, -0.2) is 4.98 Å². The molecule has 0 aromatic carbocycles. The van der Waals surface area contributed by atoms with E-state index in [-0.39, 0.29) is 0 Å². The van der Waals surface area contributed by atoms with Crippen molar-refractivity contribution in [1.82, 2.24) is 4.98 Å². The highest BCUT2D eigenvalue weighted by Gasteiger charge is 2.18. The highest BCUT2D eigenvalue weighted by atomic mass is 16.5. The van der Waals surface area contributed by atoms with Gasteiger partial charge in [-0.1, -0.05) is 19.3 Å². The summed E-state index contributed by atoms with van der Waals surface area (Å²) in [5.41, 5.74) is 9.54. The maximum absolute atomic E-state index is 5.91. The van der Waals surface area contributed by atoms with E-state index in [4.69, 9.17) is 15.5 Å². The summed E-state index contributed by atoms with van der Waals surface area (Å²) in [6.07, 6.45) is 10.1. The van der Waals surface area contributed by atoms with E-state index in [2.05, 4.69) is 6.07 Å². The van der Waals surface area contributed by atoms with E-state index in [9.17, 15) is 0 Å². The molecule has 1 saturated carbocycles. The molecule has 0 unspecified atom stereocenters. The number of pyridine rings is 1. The van der Waals surface area contributed by atoms with Crippen LogP contribution in [0.1, 0.15) is 55.3 Å². The molecule has 19 heavy (non-hydrogen) atoms. The Labute approximate surface area is 115 Å². The predicted octanol–water partition coefficient (Wildman–Crippen LogP) is 2.99. The van der Waals surface area contributed by atoms with Crippen molar-refractivity contribution in [2.45, 2.75) is 57.9 Å².